The fourth-order valence-corrected chi connectivity index (χ4v) is 3.34. The van der Waals surface area contributed by atoms with E-state index in [-0.39, 0.29) is 10.8 Å². The zero-order valence-corrected chi connectivity index (χ0v) is 18.5. The number of H-pyrrole nitrogens is 2. The molecular formula is C22H25N9. The summed E-state index contributed by atoms with van der Waals surface area (Å²) in [6.45, 7) is 12.2. The molecule has 3 aromatic heterocycles. The molecule has 0 aliphatic heterocycles. The molecule has 0 unspecified atom stereocenters. The lowest BCUT2D eigenvalue weighted by Gasteiger charge is -2.15. The third-order valence-corrected chi connectivity index (χ3v) is 4.89. The lowest BCUT2D eigenvalue weighted by atomic mass is 9.90. The number of aromatic amines is 2. The second kappa shape index (κ2) is 7.16. The van der Waals surface area contributed by atoms with Gasteiger partial charge < -0.3 is 0 Å². The van der Waals surface area contributed by atoms with Gasteiger partial charge in [0.05, 0.1) is 11.4 Å². The summed E-state index contributed by atoms with van der Waals surface area (Å²) < 4.78 is 1.75. The third kappa shape index (κ3) is 3.61. The van der Waals surface area contributed by atoms with E-state index in [1.165, 1.54) is 0 Å². The Kier molecular flexibility index (Phi) is 4.73. The predicted octanol–water partition coefficient (Wildman–Crippen LogP) is 5.33. The van der Waals surface area contributed by atoms with Gasteiger partial charge in [0.25, 0.3) is 0 Å². The van der Waals surface area contributed by atoms with Crippen LogP contribution in [-0.2, 0) is 10.8 Å². The summed E-state index contributed by atoms with van der Waals surface area (Å²) in [6, 6.07) is 12.0. The number of nitriles is 1. The lowest BCUT2D eigenvalue weighted by molar-refractivity contribution is 0.563. The molecule has 9 heteroatoms. The van der Waals surface area contributed by atoms with Crippen LogP contribution in [0.3, 0.4) is 0 Å². The first-order valence-corrected chi connectivity index (χ1v) is 10.0. The highest BCUT2D eigenvalue weighted by atomic mass is 15.4. The van der Waals surface area contributed by atoms with Crippen LogP contribution in [0.1, 0.15) is 58.5 Å². The summed E-state index contributed by atoms with van der Waals surface area (Å²) in [5.74, 6) is 1.02. The van der Waals surface area contributed by atoms with Crippen LogP contribution in [0.2, 0.25) is 0 Å². The Morgan fingerprint density at radius 2 is 1.58 bits per heavy atom. The summed E-state index contributed by atoms with van der Waals surface area (Å²) in [4.78, 5) is 0. The molecule has 0 radical (unpaired) electrons. The summed E-state index contributed by atoms with van der Waals surface area (Å²) >= 11 is 0. The lowest BCUT2D eigenvalue weighted by Crippen LogP contribution is -2.13. The monoisotopic (exact) mass is 415 g/mol. The van der Waals surface area contributed by atoms with Crippen LogP contribution >= 0.6 is 0 Å². The highest BCUT2D eigenvalue weighted by molar-refractivity contribution is 5.72. The minimum Gasteiger partial charge on any atom is -0.258 e. The van der Waals surface area contributed by atoms with Gasteiger partial charge >= 0.3 is 0 Å². The molecule has 4 rings (SSSR count). The number of azo groups is 1. The average molecular weight is 416 g/mol. The van der Waals surface area contributed by atoms with Crippen LogP contribution in [0.15, 0.2) is 40.6 Å². The fraction of sp³-hybridized carbons (Fsp3) is 0.364. The molecule has 0 aliphatic carbocycles. The van der Waals surface area contributed by atoms with E-state index in [0.717, 1.165) is 11.3 Å². The van der Waals surface area contributed by atoms with Gasteiger partial charge in [-0.1, -0.05) is 71.9 Å². The quantitative estimate of drug-likeness (QED) is 0.439. The number of fused-ring (bicyclic) bond motifs is 1. The van der Waals surface area contributed by atoms with Crippen molar-refractivity contribution in [2.24, 2.45) is 10.2 Å². The molecule has 0 atom stereocenters. The van der Waals surface area contributed by atoms with E-state index in [4.69, 9.17) is 5.10 Å². The van der Waals surface area contributed by atoms with Crippen molar-refractivity contribution in [2.45, 2.75) is 52.4 Å². The van der Waals surface area contributed by atoms with Crippen molar-refractivity contribution in [3.63, 3.8) is 0 Å². The SMILES string of the molecule is CC(C)(C)c1n[nH]c(/N=N/c2c(C(C)(C)C)nn3c(-c4ccccc4)n[nH]c23)c1C#N. The molecule has 9 nitrogen and oxygen atoms in total. The zero-order chi connectivity index (χ0) is 22.4. The largest absolute Gasteiger partial charge is 0.258 e. The number of aromatic nitrogens is 6. The van der Waals surface area contributed by atoms with Crippen molar-refractivity contribution in [3.05, 3.63) is 47.3 Å². The predicted molar refractivity (Wildman–Crippen MR) is 118 cm³/mol. The van der Waals surface area contributed by atoms with Gasteiger partial charge in [-0.05, 0) is 0 Å². The van der Waals surface area contributed by atoms with Gasteiger partial charge in [0.2, 0.25) is 0 Å². The van der Waals surface area contributed by atoms with Gasteiger partial charge in [-0.2, -0.15) is 25.1 Å². The number of nitrogens with one attached hydrogen (secondary N) is 2. The Labute approximate surface area is 180 Å². The van der Waals surface area contributed by atoms with E-state index >= 15 is 0 Å². The van der Waals surface area contributed by atoms with Crippen molar-refractivity contribution in [2.75, 3.05) is 0 Å². The average Bonchev–Trinajstić information content (AvgIpc) is 3.39. The van der Waals surface area contributed by atoms with Crippen LogP contribution in [-0.4, -0.2) is 30.0 Å². The molecule has 0 fully saturated rings. The van der Waals surface area contributed by atoms with Crippen LogP contribution in [0.4, 0.5) is 11.5 Å². The van der Waals surface area contributed by atoms with Gasteiger partial charge in [-0.25, -0.2) is 0 Å². The first-order chi connectivity index (χ1) is 14.6. The van der Waals surface area contributed by atoms with Crippen LogP contribution < -0.4 is 0 Å². The molecule has 0 spiro atoms. The van der Waals surface area contributed by atoms with Crippen molar-refractivity contribution in [1.29, 1.82) is 5.26 Å². The molecule has 0 aliphatic rings. The minimum absolute atomic E-state index is 0.280. The first-order valence-electron chi connectivity index (χ1n) is 10.0. The number of rotatable bonds is 3. The van der Waals surface area contributed by atoms with Crippen LogP contribution in [0.5, 0.6) is 0 Å². The second-order valence-corrected chi connectivity index (χ2v) is 9.48. The maximum atomic E-state index is 9.65. The normalized spacial score (nSPS) is 12.7. The number of hydrogen-bond acceptors (Lipinski definition) is 6. The third-order valence-electron chi connectivity index (χ3n) is 4.89. The summed E-state index contributed by atoms with van der Waals surface area (Å²) in [5, 5.41) is 37.9. The Bertz CT molecular complexity index is 1300. The standard InChI is InChI=1S/C22H25N9/c1-21(2,3)16-14(12-23)18(27-25-16)26-24-15-17(22(4,5)6)30-31-19(28-29-20(15)31)13-10-8-7-9-11-13/h7-11,29H,1-6H3,(H,25,27)/b26-24+. The molecule has 3 heterocycles. The maximum absolute atomic E-state index is 9.65. The highest BCUT2D eigenvalue weighted by Gasteiger charge is 2.28. The molecule has 0 bridgehead atoms. The molecule has 31 heavy (non-hydrogen) atoms. The van der Waals surface area contributed by atoms with Crippen molar-refractivity contribution < 1.29 is 0 Å². The van der Waals surface area contributed by atoms with Gasteiger partial charge in [-0.15, -0.1) is 10.2 Å². The summed E-state index contributed by atoms with van der Waals surface area (Å²) in [5.41, 5.74) is 3.42. The van der Waals surface area contributed by atoms with Crippen molar-refractivity contribution in [3.8, 4) is 17.5 Å². The second-order valence-electron chi connectivity index (χ2n) is 9.48. The Morgan fingerprint density at radius 1 is 0.903 bits per heavy atom. The smallest absolute Gasteiger partial charge is 0.188 e. The van der Waals surface area contributed by atoms with E-state index in [0.29, 0.717) is 34.2 Å². The molecule has 2 N–H and O–H groups in total. The molecular weight excluding hydrogens is 390 g/mol. The molecule has 4 aromatic rings. The number of nitrogens with zero attached hydrogens (tertiary/aromatic N) is 7. The molecule has 0 saturated carbocycles. The van der Waals surface area contributed by atoms with Gasteiger partial charge in [0, 0.05) is 16.4 Å². The van der Waals surface area contributed by atoms with Crippen LogP contribution in [0, 0.1) is 11.3 Å². The van der Waals surface area contributed by atoms with Gasteiger partial charge in [0.15, 0.2) is 23.0 Å². The maximum Gasteiger partial charge on any atom is 0.188 e. The number of hydrogen-bond donors (Lipinski definition) is 2. The van der Waals surface area contributed by atoms with E-state index in [1.54, 1.807) is 4.52 Å². The number of benzene rings is 1. The Hall–Kier alpha value is -3.80. The molecule has 1 aromatic carbocycles. The molecule has 0 amide bonds. The molecule has 0 saturated heterocycles. The van der Waals surface area contributed by atoms with Gasteiger partial charge in [0.1, 0.15) is 11.6 Å². The summed E-state index contributed by atoms with van der Waals surface area (Å²) in [7, 11) is 0. The van der Waals surface area contributed by atoms with E-state index in [9.17, 15) is 5.26 Å². The minimum atomic E-state index is -0.287. The summed E-state index contributed by atoms with van der Waals surface area (Å²) in [6.07, 6.45) is 0. The van der Waals surface area contributed by atoms with Crippen molar-refractivity contribution in [1.82, 2.24) is 30.0 Å². The fourth-order valence-electron chi connectivity index (χ4n) is 3.34. The highest BCUT2D eigenvalue weighted by Crippen LogP contribution is 2.37. The van der Waals surface area contributed by atoms with E-state index in [1.807, 2.05) is 51.1 Å². The topological polar surface area (TPSA) is 123 Å². The Balaban J connectivity index is 1.86. The van der Waals surface area contributed by atoms with E-state index in [2.05, 4.69) is 57.5 Å². The molecule has 158 valence electrons. The van der Waals surface area contributed by atoms with Crippen LogP contribution in [0.25, 0.3) is 17.0 Å². The first kappa shape index (κ1) is 20.5. The van der Waals surface area contributed by atoms with E-state index < -0.39 is 0 Å². The van der Waals surface area contributed by atoms with Gasteiger partial charge in [-0.3, -0.25) is 10.2 Å². The zero-order valence-electron chi connectivity index (χ0n) is 18.5. The van der Waals surface area contributed by atoms with Crippen molar-refractivity contribution >= 4 is 17.2 Å². The Morgan fingerprint density at radius 3 is 2.19 bits per heavy atom.